The summed E-state index contributed by atoms with van der Waals surface area (Å²) in [7, 11) is 4.46. The van der Waals surface area contributed by atoms with E-state index in [9.17, 15) is 0 Å². The predicted octanol–water partition coefficient (Wildman–Crippen LogP) is 1.58. The van der Waals surface area contributed by atoms with Crippen LogP contribution in [0.2, 0.25) is 8.35 Å². The third kappa shape index (κ3) is 2.98. The van der Waals surface area contributed by atoms with E-state index in [-0.39, 0.29) is 0 Å². The molecule has 8 heavy (non-hydrogen) atoms. The van der Waals surface area contributed by atoms with Gasteiger partial charge >= 0.3 is 60.9 Å². The third-order valence-corrected chi connectivity index (χ3v) is 11.2. The van der Waals surface area contributed by atoms with Crippen molar-refractivity contribution in [1.29, 1.82) is 0 Å². The second-order valence-electron chi connectivity index (χ2n) is 2.43. The topological polar surface area (TPSA) is 3.24 Å². The van der Waals surface area contributed by atoms with Crippen molar-refractivity contribution in [2.45, 2.75) is 22.2 Å². The monoisotopic (exact) mass is 217 g/mol. The molecule has 0 aliphatic rings. The molecule has 0 atom stereocenters. The average Bonchev–Trinajstić information content (AvgIpc) is 1.69. The minimum atomic E-state index is -1.06. The molecule has 0 saturated heterocycles. The first-order chi connectivity index (χ1) is 3.72. The van der Waals surface area contributed by atoms with Gasteiger partial charge in [-0.25, -0.2) is 0 Å². The van der Waals surface area contributed by atoms with E-state index < -0.39 is 21.7 Å². The summed E-state index contributed by atoms with van der Waals surface area (Å²) in [5.74, 6) is 0. The molecule has 0 radical (unpaired) electrons. The average molecular weight is 217 g/mol. The first-order valence-electron chi connectivity index (χ1n) is 3.38. The van der Waals surface area contributed by atoms with Crippen molar-refractivity contribution in [2.75, 3.05) is 14.1 Å². The van der Waals surface area contributed by atoms with Gasteiger partial charge < -0.3 is 0 Å². The van der Waals surface area contributed by atoms with E-state index in [4.69, 9.17) is 0 Å². The van der Waals surface area contributed by atoms with Gasteiger partial charge in [-0.15, -0.1) is 0 Å². The van der Waals surface area contributed by atoms with Crippen LogP contribution in [0.15, 0.2) is 0 Å². The zero-order valence-corrected chi connectivity index (χ0v) is 9.73. The zero-order chi connectivity index (χ0) is 6.57. The van der Waals surface area contributed by atoms with Gasteiger partial charge in [-0.1, -0.05) is 0 Å². The summed E-state index contributed by atoms with van der Waals surface area (Å²) >= 11 is -1.06. The number of hydrogen-bond donors (Lipinski definition) is 0. The fourth-order valence-corrected chi connectivity index (χ4v) is 6.84. The molecule has 0 aromatic rings. The predicted molar refractivity (Wildman–Crippen MR) is 40.4 cm³/mol. The Balaban J connectivity index is 3.35. The normalized spacial score (nSPS) is 10.1. The number of nitrogens with zero attached hydrogens (tertiary/aromatic N) is 1. The van der Waals surface area contributed by atoms with Gasteiger partial charge in [-0.05, 0) is 0 Å². The number of hydrogen-bond acceptors (Lipinski definition) is 1. The Labute approximate surface area is 61.0 Å². The molecule has 2 heteroatoms. The van der Waals surface area contributed by atoms with Crippen LogP contribution >= 0.6 is 0 Å². The summed E-state index contributed by atoms with van der Waals surface area (Å²) in [6, 6.07) is 0. The van der Waals surface area contributed by atoms with E-state index in [2.05, 4.69) is 30.8 Å². The van der Waals surface area contributed by atoms with Crippen LogP contribution in [0, 0.1) is 0 Å². The molecule has 1 nitrogen and oxygen atoms in total. The molecule has 48 valence electrons. The second kappa shape index (κ2) is 4.68. The molecule has 0 unspecified atom stereocenters. The molecule has 0 rings (SSSR count). The Kier molecular flexibility index (Phi) is 5.17. The molecule has 0 aromatic carbocycles. The van der Waals surface area contributed by atoms with Crippen molar-refractivity contribution in [3.05, 3.63) is 0 Å². The van der Waals surface area contributed by atoms with Gasteiger partial charge in [-0.3, -0.25) is 0 Å². The van der Waals surface area contributed by atoms with Gasteiger partial charge in [0, 0.05) is 0 Å². The summed E-state index contributed by atoms with van der Waals surface area (Å²) in [5.41, 5.74) is 0. The Morgan fingerprint density at radius 3 is 1.50 bits per heavy atom. The van der Waals surface area contributed by atoms with E-state index in [1.165, 1.54) is 8.35 Å². The summed E-state index contributed by atoms with van der Waals surface area (Å²) in [4.78, 5) is 0. The van der Waals surface area contributed by atoms with Crippen LogP contribution in [0.5, 0.6) is 0 Å². The Bertz CT molecular complexity index is 50.5. The zero-order valence-electron chi connectivity index (χ0n) is 6.44. The molecule has 0 N–H and O–H groups in total. The molecule has 0 bridgehead atoms. The van der Waals surface area contributed by atoms with Crippen molar-refractivity contribution in [1.82, 2.24) is 2.89 Å². The van der Waals surface area contributed by atoms with Crippen molar-refractivity contribution in [3.8, 4) is 0 Å². The fraction of sp³-hybridized carbons (Fsp3) is 1.00. The quantitative estimate of drug-likeness (QED) is 0.693. The summed E-state index contributed by atoms with van der Waals surface area (Å²) in [6.07, 6.45) is 0. The minimum absolute atomic E-state index is 1.06. The van der Waals surface area contributed by atoms with Crippen LogP contribution < -0.4 is 0 Å². The van der Waals surface area contributed by atoms with Crippen molar-refractivity contribution in [2.24, 2.45) is 0 Å². The molecule has 0 saturated carbocycles. The fourth-order valence-electron chi connectivity index (χ4n) is 1.02. The van der Waals surface area contributed by atoms with Crippen LogP contribution in [0.1, 0.15) is 13.8 Å². The standard InChI is InChI=1S/C2H6N.2C2H5.In/c1-3-2;2*1-2;/h1-2H3;2*1H2,2H3;/q-1;;;+1. The first-order valence-corrected chi connectivity index (χ1v) is 9.52. The molecule has 0 fully saturated rings. The van der Waals surface area contributed by atoms with Crippen LogP contribution in [0.4, 0.5) is 0 Å². The van der Waals surface area contributed by atoms with Crippen LogP contribution in [0.25, 0.3) is 0 Å². The third-order valence-electron chi connectivity index (χ3n) is 1.67. The van der Waals surface area contributed by atoms with Crippen molar-refractivity contribution >= 4 is 21.7 Å². The molecule has 0 amide bonds. The van der Waals surface area contributed by atoms with Gasteiger partial charge in [0.25, 0.3) is 0 Å². The molecular formula is C6H16InN. The first kappa shape index (κ1) is 8.83. The van der Waals surface area contributed by atoms with Crippen LogP contribution in [-0.4, -0.2) is 38.7 Å². The second-order valence-corrected chi connectivity index (χ2v) is 13.8. The Morgan fingerprint density at radius 2 is 1.50 bits per heavy atom. The summed E-state index contributed by atoms with van der Waals surface area (Å²) in [6.45, 7) is 4.65. The summed E-state index contributed by atoms with van der Waals surface area (Å²) < 4.78 is 5.44. The number of rotatable bonds is 3. The molecule has 0 aromatic heterocycles. The molecular weight excluding hydrogens is 201 g/mol. The van der Waals surface area contributed by atoms with E-state index in [0.717, 1.165) is 0 Å². The molecule has 0 heterocycles. The molecule has 0 spiro atoms. The van der Waals surface area contributed by atoms with E-state index >= 15 is 0 Å². The van der Waals surface area contributed by atoms with Crippen LogP contribution in [0.3, 0.4) is 0 Å². The van der Waals surface area contributed by atoms with Gasteiger partial charge in [0.15, 0.2) is 0 Å². The Hall–Kier alpha value is 0.830. The van der Waals surface area contributed by atoms with E-state index in [1.807, 2.05) is 0 Å². The Morgan fingerprint density at radius 1 is 1.12 bits per heavy atom. The summed E-state index contributed by atoms with van der Waals surface area (Å²) in [5, 5.41) is 0. The molecule has 0 aliphatic heterocycles. The van der Waals surface area contributed by atoms with Gasteiger partial charge in [0.2, 0.25) is 0 Å². The van der Waals surface area contributed by atoms with Crippen molar-refractivity contribution in [3.63, 3.8) is 0 Å². The van der Waals surface area contributed by atoms with Crippen LogP contribution in [-0.2, 0) is 0 Å². The van der Waals surface area contributed by atoms with Crippen molar-refractivity contribution < 1.29 is 0 Å². The maximum absolute atomic E-state index is 2.49. The van der Waals surface area contributed by atoms with E-state index in [1.54, 1.807) is 0 Å². The van der Waals surface area contributed by atoms with Gasteiger partial charge in [0.05, 0.1) is 0 Å². The van der Waals surface area contributed by atoms with E-state index in [0.29, 0.717) is 0 Å². The SMILES string of the molecule is C[CH2][In]([CH2]C)[N](C)C. The molecule has 0 aliphatic carbocycles. The van der Waals surface area contributed by atoms with Gasteiger partial charge in [0.1, 0.15) is 0 Å². The maximum atomic E-state index is 2.49. The van der Waals surface area contributed by atoms with Gasteiger partial charge in [-0.2, -0.15) is 0 Å².